The number of rotatable bonds is 3. The smallest absolute Gasteiger partial charge is 0.253 e. The van der Waals surface area contributed by atoms with Crippen molar-refractivity contribution in [1.29, 1.82) is 0 Å². The molecular weight excluding hydrogens is 302 g/mol. The first-order valence-corrected chi connectivity index (χ1v) is 8.51. The number of carbonyl (C=O) groups is 1. The first kappa shape index (κ1) is 14.9. The van der Waals surface area contributed by atoms with Crippen LogP contribution in [0.2, 0.25) is 0 Å². The molecule has 2 aromatic heterocycles. The quantitative estimate of drug-likeness (QED) is 0.778. The molecular formula is C18H21N5O. The largest absolute Gasteiger partial charge is 0.345 e. The summed E-state index contributed by atoms with van der Waals surface area (Å²) in [6, 6.07) is 5.65. The van der Waals surface area contributed by atoms with E-state index in [1.165, 1.54) is 11.3 Å². The van der Waals surface area contributed by atoms with Crippen LogP contribution in [-0.2, 0) is 6.42 Å². The van der Waals surface area contributed by atoms with E-state index in [0.717, 1.165) is 48.9 Å². The molecule has 3 aromatic rings. The molecule has 1 amide bonds. The van der Waals surface area contributed by atoms with Crippen LogP contribution < -0.4 is 0 Å². The maximum atomic E-state index is 12.8. The molecule has 1 saturated heterocycles. The highest BCUT2D eigenvalue weighted by Crippen LogP contribution is 2.29. The minimum Gasteiger partial charge on any atom is -0.345 e. The minimum absolute atomic E-state index is 0.102. The Morgan fingerprint density at radius 2 is 2.17 bits per heavy atom. The van der Waals surface area contributed by atoms with Crippen LogP contribution in [0.3, 0.4) is 0 Å². The number of aromatic nitrogens is 4. The minimum atomic E-state index is 0.102. The molecule has 0 saturated carbocycles. The summed E-state index contributed by atoms with van der Waals surface area (Å²) in [6.45, 7) is 3.72. The Morgan fingerprint density at radius 1 is 1.33 bits per heavy atom. The Morgan fingerprint density at radius 3 is 2.96 bits per heavy atom. The molecule has 1 fully saturated rings. The molecule has 0 atom stereocenters. The highest BCUT2D eigenvalue weighted by Gasteiger charge is 2.26. The number of nitrogens with zero attached hydrogens (tertiary/aromatic N) is 3. The molecule has 24 heavy (non-hydrogen) atoms. The van der Waals surface area contributed by atoms with Gasteiger partial charge in [0.25, 0.3) is 5.91 Å². The fourth-order valence-electron chi connectivity index (χ4n) is 3.58. The SMILES string of the molecule is CCc1cn[nH]c1C1CCN(C(=O)c2ccc3nc[nH]c3c2)CC1. The molecule has 0 unspecified atom stereocenters. The molecule has 6 heteroatoms. The van der Waals surface area contributed by atoms with E-state index >= 15 is 0 Å². The Labute approximate surface area is 140 Å². The summed E-state index contributed by atoms with van der Waals surface area (Å²) in [4.78, 5) is 22.0. The molecule has 0 aliphatic carbocycles. The van der Waals surface area contributed by atoms with Gasteiger partial charge < -0.3 is 9.88 Å². The number of hydrogen-bond acceptors (Lipinski definition) is 3. The summed E-state index contributed by atoms with van der Waals surface area (Å²) in [7, 11) is 0. The van der Waals surface area contributed by atoms with E-state index in [1.54, 1.807) is 6.33 Å². The Kier molecular flexibility index (Phi) is 3.80. The second-order valence-corrected chi connectivity index (χ2v) is 6.36. The molecule has 124 valence electrons. The highest BCUT2D eigenvalue weighted by atomic mass is 16.2. The van der Waals surface area contributed by atoms with Gasteiger partial charge in [-0.15, -0.1) is 0 Å². The second kappa shape index (κ2) is 6.11. The van der Waals surface area contributed by atoms with Gasteiger partial charge in [0.1, 0.15) is 0 Å². The van der Waals surface area contributed by atoms with Crippen LogP contribution in [-0.4, -0.2) is 44.1 Å². The van der Waals surface area contributed by atoms with Crippen LogP contribution >= 0.6 is 0 Å². The number of aromatic amines is 2. The fourth-order valence-corrected chi connectivity index (χ4v) is 3.58. The van der Waals surface area contributed by atoms with Crippen LogP contribution in [0.15, 0.2) is 30.7 Å². The summed E-state index contributed by atoms with van der Waals surface area (Å²) in [6.07, 6.45) is 6.53. The van der Waals surface area contributed by atoms with Gasteiger partial charge >= 0.3 is 0 Å². The molecule has 0 spiro atoms. The Balaban J connectivity index is 1.46. The van der Waals surface area contributed by atoms with Gasteiger partial charge in [0.2, 0.25) is 0 Å². The number of likely N-dealkylation sites (tertiary alicyclic amines) is 1. The Bertz CT molecular complexity index is 857. The molecule has 0 radical (unpaired) electrons. The molecule has 2 N–H and O–H groups in total. The lowest BCUT2D eigenvalue weighted by Gasteiger charge is -2.32. The van der Waals surface area contributed by atoms with Crippen molar-refractivity contribution in [3.63, 3.8) is 0 Å². The van der Waals surface area contributed by atoms with Gasteiger partial charge in [-0.3, -0.25) is 9.89 Å². The molecule has 0 bridgehead atoms. The van der Waals surface area contributed by atoms with E-state index in [2.05, 4.69) is 27.1 Å². The van der Waals surface area contributed by atoms with Crippen molar-refractivity contribution >= 4 is 16.9 Å². The zero-order chi connectivity index (χ0) is 16.5. The first-order chi connectivity index (χ1) is 11.8. The number of fused-ring (bicyclic) bond motifs is 1. The van der Waals surface area contributed by atoms with Gasteiger partial charge in [-0.25, -0.2) is 4.98 Å². The van der Waals surface area contributed by atoms with Gasteiger partial charge in [-0.2, -0.15) is 5.10 Å². The van der Waals surface area contributed by atoms with Crippen molar-refractivity contribution in [2.24, 2.45) is 0 Å². The maximum absolute atomic E-state index is 12.8. The number of imidazole rings is 1. The van der Waals surface area contributed by atoms with Crippen LogP contribution in [0, 0.1) is 0 Å². The normalized spacial score (nSPS) is 16.0. The molecule has 1 aromatic carbocycles. The predicted octanol–water partition coefficient (Wildman–Crippen LogP) is 2.87. The number of amides is 1. The van der Waals surface area contributed by atoms with E-state index in [1.807, 2.05) is 29.3 Å². The average molecular weight is 323 g/mol. The lowest BCUT2D eigenvalue weighted by molar-refractivity contribution is 0.0712. The van der Waals surface area contributed by atoms with Crippen molar-refractivity contribution < 1.29 is 4.79 Å². The van der Waals surface area contributed by atoms with Crippen molar-refractivity contribution in [1.82, 2.24) is 25.1 Å². The van der Waals surface area contributed by atoms with Crippen molar-refractivity contribution in [2.75, 3.05) is 13.1 Å². The summed E-state index contributed by atoms with van der Waals surface area (Å²) in [5.41, 5.74) is 5.06. The van der Waals surface area contributed by atoms with Crippen molar-refractivity contribution in [3.8, 4) is 0 Å². The predicted molar refractivity (Wildman–Crippen MR) is 91.9 cm³/mol. The number of aryl methyl sites for hydroxylation is 1. The van der Waals surface area contributed by atoms with E-state index in [0.29, 0.717) is 5.92 Å². The first-order valence-electron chi connectivity index (χ1n) is 8.51. The van der Waals surface area contributed by atoms with E-state index in [4.69, 9.17) is 0 Å². The number of nitrogens with one attached hydrogen (secondary N) is 2. The highest BCUT2D eigenvalue weighted by molar-refractivity contribution is 5.97. The summed E-state index contributed by atoms with van der Waals surface area (Å²) >= 11 is 0. The zero-order valence-corrected chi connectivity index (χ0v) is 13.7. The average Bonchev–Trinajstić information content (AvgIpc) is 3.29. The molecule has 1 aliphatic heterocycles. The van der Waals surface area contributed by atoms with Crippen LogP contribution in [0.4, 0.5) is 0 Å². The third kappa shape index (κ3) is 2.58. The van der Waals surface area contributed by atoms with Gasteiger partial charge in [0.15, 0.2) is 0 Å². The second-order valence-electron chi connectivity index (χ2n) is 6.36. The fraction of sp³-hybridized carbons (Fsp3) is 0.389. The number of H-pyrrole nitrogens is 2. The van der Waals surface area contributed by atoms with Crippen molar-refractivity contribution in [2.45, 2.75) is 32.1 Å². The van der Waals surface area contributed by atoms with Crippen LogP contribution in [0.1, 0.15) is 47.3 Å². The number of hydrogen-bond donors (Lipinski definition) is 2. The lowest BCUT2D eigenvalue weighted by Crippen LogP contribution is -2.38. The lowest BCUT2D eigenvalue weighted by atomic mass is 9.90. The Hall–Kier alpha value is -2.63. The molecule has 4 rings (SSSR count). The number of benzene rings is 1. The van der Waals surface area contributed by atoms with Gasteiger partial charge in [-0.1, -0.05) is 6.92 Å². The van der Waals surface area contributed by atoms with E-state index in [9.17, 15) is 4.79 Å². The summed E-state index contributed by atoms with van der Waals surface area (Å²) < 4.78 is 0. The topological polar surface area (TPSA) is 77.7 Å². The summed E-state index contributed by atoms with van der Waals surface area (Å²) in [5.74, 6) is 0.576. The van der Waals surface area contributed by atoms with Crippen LogP contribution in [0.25, 0.3) is 11.0 Å². The van der Waals surface area contributed by atoms with E-state index in [-0.39, 0.29) is 5.91 Å². The molecule has 6 nitrogen and oxygen atoms in total. The van der Waals surface area contributed by atoms with Gasteiger partial charge in [0, 0.05) is 30.3 Å². The molecule has 3 heterocycles. The third-order valence-corrected chi connectivity index (χ3v) is 4.99. The summed E-state index contributed by atoms with van der Waals surface area (Å²) in [5, 5.41) is 7.33. The zero-order valence-electron chi connectivity index (χ0n) is 13.7. The number of carbonyl (C=O) groups excluding carboxylic acids is 1. The molecule has 1 aliphatic rings. The standard InChI is InChI=1S/C18H21N5O/c1-2-12-10-21-22-17(12)13-5-7-23(8-6-13)18(24)14-3-4-15-16(9-14)20-11-19-15/h3-4,9-11,13H,2,5-8H2,1H3,(H,19,20)(H,21,22). The number of piperidine rings is 1. The van der Waals surface area contributed by atoms with E-state index < -0.39 is 0 Å². The van der Waals surface area contributed by atoms with Gasteiger partial charge in [0.05, 0.1) is 23.6 Å². The van der Waals surface area contributed by atoms with Crippen molar-refractivity contribution in [3.05, 3.63) is 47.5 Å². The maximum Gasteiger partial charge on any atom is 0.253 e. The van der Waals surface area contributed by atoms with Crippen LogP contribution in [0.5, 0.6) is 0 Å². The van der Waals surface area contributed by atoms with Gasteiger partial charge in [-0.05, 0) is 43.0 Å². The third-order valence-electron chi connectivity index (χ3n) is 4.99. The monoisotopic (exact) mass is 323 g/mol.